The van der Waals surface area contributed by atoms with Crippen molar-refractivity contribution in [1.29, 1.82) is 0 Å². The zero-order valence-electron chi connectivity index (χ0n) is 18.0. The number of carbonyl (C=O) groups excluding carboxylic acids is 2. The molecule has 1 amide bonds. The summed E-state index contributed by atoms with van der Waals surface area (Å²) in [4.78, 5) is 27.8. The molecule has 8 heteroatoms. The minimum atomic E-state index is -2.11. The number of carbonyl (C=O) groups is 2. The molecule has 1 aliphatic heterocycles. The number of ether oxygens (including phenoxy) is 2. The number of para-hydroxylation sites is 1. The van der Waals surface area contributed by atoms with Gasteiger partial charge in [0.05, 0.1) is 32.9 Å². The van der Waals surface area contributed by atoms with Crippen LogP contribution in [0.25, 0.3) is 0 Å². The quantitative estimate of drug-likeness (QED) is 0.515. The molecule has 0 fully saturated rings. The molecule has 6 nitrogen and oxygen atoms in total. The minimum Gasteiger partial charge on any atom is -0.493 e. The first-order valence-corrected chi connectivity index (χ1v) is 10.5. The average molecular weight is 470 g/mol. The Labute approximate surface area is 195 Å². The van der Waals surface area contributed by atoms with E-state index in [1.54, 1.807) is 30.3 Å². The first kappa shape index (κ1) is 22.8. The van der Waals surface area contributed by atoms with Crippen molar-refractivity contribution in [2.24, 2.45) is 0 Å². The van der Waals surface area contributed by atoms with Gasteiger partial charge < -0.3 is 19.5 Å². The number of aliphatic hydroxyl groups is 1. The molecule has 0 bridgehead atoms. The molecule has 0 saturated carbocycles. The second-order valence-corrected chi connectivity index (χ2v) is 8.05. The van der Waals surface area contributed by atoms with E-state index in [9.17, 15) is 19.1 Å². The Balaban J connectivity index is 1.69. The number of nitrogens with zero attached hydrogens (tertiary/aromatic N) is 1. The van der Waals surface area contributed by atoms with Gasteiger partial charge in [-0.25, -0.2) is 4.39 Å². The van der Waals surface area contributed by atoms with Crippen LogP contribution in [-0.2, 0) is 16.9 Å². The highest BCUT2D eigenvalue weighted by atomic mass is 35.5. The molecule has 0 spiro atoms. The van der Waals surface area contributed by atoms with Crippen molar-refractivity contribution in [2.75, 3.05) is 19.1 Å². The number of fused-ring (bicyclic) bond motifs is 1. The lowest BCUT2D eigenvalue weighted by molar-refractivity contribution is -0.136. The van der Waals surface area contributed by atoms with Crippen LogP contribution in [-0.4, -0.2) is 31.0 Å². The number of amides is 1. The summed E-state index contributed by atoms with van der Waals surface area (Å²) in [5, 5.41) is 11.6. The molecular formula is C25H21ClFNO5. The van der Waals surface area contributed by atoms with Crippen molar-refractivity contribution >= 4 is 29.0 Å². The molecule has 1 N–H and O–H groups in total. The maximum absolute atomic E-state index is 14.4. The van der Waals surface area contributed by atoms with E-state index in [4.69, 9.17) is 21.1 Å². The number of ketones is 1. The van der Waals surface area contributed by atoms with Gasteiger partial charge in [-0.3, -0.25) is 9.59 Å². The van der Waals surface area contributed by atoms with E-state index in [1.165, 1.54) is 49.5 Å². The number of methoxy groups -OCH3 is 2. The first-order valence-electron chi connectivity index (χ1n) is 10.1. The number of halogens is 2. The van der Waals surface area contributed by atoms with E-state index >= 15 is 0 Å². The Kier molecular flexibility index (Phi) is 6.10. The molecule has 33 heavy (non-hydrogen) atoms. The number of rotatable bonds is 7. The van der Waals surface area contributed by atoms with Crippen molar-refractivity contribution in [3.05, 3.63) is 88.2 Å². The Bertz CT molecular complexity index is 1230. The zero-order chi connectivity index (χ0) is 23.8. The highest BCUT2D eigenvalue weighted by Crippen LogP contribution is 2.44. The SMILES string of the molecule is COc1ccc(C(=O)C[C@@]2(O)C(=O)N(Cc3c(F)cccc3Cl)c3ccccc32)cc1OC. The van der Waals surface area contributed by atoms with Gasteiger partial charge in [-0.1, -0.05) is 35.9 Å². The fourth-order valence-electron chi connectivity index (χ4n) is 4.02. The fraction of sp³-hybridized carbons (Fsp3) is 0.200. The van der Waals surface area contributed by atoms with Crippen LogP contribution in [0, 0.1) is 5.82 Å². The van der Waals surface area contributed by atoms with Gasteiger partial charge in [-0.15, -0.1) is 0 Å². The van der Waals surface area contributed by atoms with Crippen LogP contribution in [0.15, 0.2) is 60.7 Å². The van der Waals surface area contributed by atoms with Gasteiger partial charge >= 0.3 is 0 Å². The monoisotopic (exact) mass is 469 g/mol. The number of anilines is 1. The predicted octanol–water partition coefficient (Wildman–Crippen LogP) is 4.50. The molecular weight excluding hydrogens is 449 g/mol. The molecule has 4 rings (SSSR count). The van der Waals surface area contributed by atoms with E-state index in [0.717, 1.165) is 0 Å². The summed E-state index contributed by atoms with van der Waals surface area (Å²) in [6, 6.07) is 15.4. The maximum atomic E-state index is 14.4. The number of hydrogen-bond acceptors (Lipinski definition) is 5. The third-order valence-electron chi connectivity index (χ3n) is 5.74. The molecule has 170 valence electrons. The van der Waals surface area contributed by atoms with E-state index in [0.29, 0.717) is 17.2 Å². The molecule has 3 aromatic rings. The van der Waals surface area contributed by atoms with Crippen LogP contribution in [0.3, 0.4) is 0 Å². The largest absolute Gasteiger partial charge is 0.493 e. The third-order valence-corrected chi connectivity index (χ3v) is 6.09. The number of Topliss-reactive ketones (excluding diaryl/α,β-unsaturated/α-hetero) is 1. The molecule has 1 heterocycles. The topological polar surface area (TPSA) is 76.1 Å². The Hall–Kier alpha value is -3.42. The molecule has 3 aromatic carbocycles. The summed E-state index contributed by atoms with van der Waals surface area (Å²) in [7, 11) is 2.93. The molecule has 0 radical (unpaired) electrons. The van der Waals surface area contributed by atoms with Crippen molar-refractivity contribution in [3.63, 3.8) is 0 Å². The second kappa shape index (κ2) is 8.84. The molecule has 0 aliphatic carbocycles. The van der Waals surface area contributed by atoms with Crippen molar-refractivity contribution < 1.29 is 28.6 Å². The van der Waals surface area contributed by atoms with Gasteiger partial charge in [0.25, 0.3) is 5.91 Å². The van der Waals surface area contributed by atoms with Crippen molar-refractivity contribution in [2.45, 2.75) is 18.6 Å². The van der Waals surface area contributed by atoms with Crippen molar-refractivity contribution in [1.82, 2.24) is 0 Å². The molecule has 0 saturated heterocycles. The molecule has 1 aliphatic rings. The third kappa shape index (κ3) is 3.94. The lowest BCUT2D eigenvalue weighted by Crippen LogP contribution is -2.41. The molecule has 0 unspecified atom stereocenters. The van der Waals surface area contributed by atoms with Crippen LogP contribution in [0.1, 0.15) is 27.9 Å². The normalized spacial score (nSPS) is 17.1. The molecule has 0 aromatic heterocycles. The second-order valence-electron chi connectivity index (χ2n) is 7.64. The predicted molar refractivity (Wildman–Crippen MR) is 121 cm³/mol. The lowest BCUT2D eigenvalue weighted by atomic mass is 9.88. The summed E-state index contributed by atoms with van der Waals surface area (Å²) in [5.74, 6) is -0.957. The van der Waals surface area contributed by atoms with Gasteiger partial charge in [0.1, 0.15) is 5.82 Å². The van der Waals surface area contributed by atoms with Gasteiger partial charge in [0.2, 0.25) is 0 Å². The summed E-state index contributed by atoms with van der Waals surface area (Å²) in [5.41, 5.74) is -1.07. The van der Waals surface area contributed by atoms with Gasteiger partial charge in [-0.2, -0.15) is 0 Å². The van der Waals surface area contributed by atoms with Gasteiger partial charge in [0, 0.05) is 21.7 Å². The van der Waals surface area contributed by atoms with Crippen LogP contribution in [0.4, 0.5) is 10.1 Å². The maximum Gasteiger partial charge on any atom is 0.264 e. The first-order chi connectivity index (χ1) is 15.8. The van der Waals surface area contributed by atoms with Crippen LogP contribution in [0.5, 0.6) is 11.5 Å². The van der Waals surface area contributed by atoms with Gasteiger partial charge in [0.15, 0.2) is 22.9 Å². The van der Waals surface area contributed by atoms with E-state index in [-0.39, 0.29) is 28.3 Å². The Morgan fingerprint density at radius 3 is 2.48 bits per heavy atom. The summed E-state index contributed by atoms with van der Waals surface area (Å²) in [6.07, 6.45) is -0.500. The summed E-state index contributed by atoms with van der Waals surface area (Å²) >= 11 is 6.15. The van der Waals surface area contributed by atoms with Crippen molar-refractivity contribution in [3.8, 4) is 11.5 Å². The summed E-state index contributed by atoms with van der Waals surface area (Å²) in [6.45, 7) is -0.186. The van der Waals surface area contributed by atoms with Crippen LogP contribution in [0.2, 0.25) is 5.02 Å². The average Bonchev–Trinajstić information content (AvgIpc) is 3.02. The Morgan fingerprint density at radius 1 is 1.06 bits per heavy atom. The van der Waals surface area contributed by atoms with E-state index in [1.807, 2.05) is 0 Å². The standard InChI is InChI=1S/C25H21ClFNO5/c1-32-22-11-10-15(12-23(22)33-2)21(29)13-25(31)17-6-3-4-9-20(17)28(24(25)30)14-16-18(26)7-5-8-19(16)27/h3-12,31H,13-14H2,1-2H3/t25-/m0/s1. The van der Waals surface area contributed by atoms with E-state index < -0.39 is 29.5 Å². The highest BCUT2D eigenvalue weighted by molar-refractivity contribution is 6.31. The summed E-state index contributed by atoms with van der Waals surface area (Å²) < 4.78 is 24.8. The number of benzene rings is 3. The van der Waals surface area contributed by atoms with Crippen LogP contribution >= 0.6 is 11.6 Å². The zero-order valence-corrected chi connectivity index (χ0v) is 18.7. The minimum absolute atomic E-state index is 0.123. The van der Waals surface area contributed by atoms with Gasteiger partial charge in [-0.05, 0) is 36.4 Å². The number of hydrogen-bond donors (Lipinski definition) is 1. The smallest absolute Gasteiger partial charge is 0.264 e. The van der Waals surface area contributed by atoms with Crippen LogP contribution < -0.4 is 14.4 Å². The fourth-order valence-corrected chi connectivity index (χ4v) is 4.24. The Morgan fingerprint density at radius 2 is 1.79 bits per heavy atom. The van der Waals surface area contributed by atoms with E-state index in [2.05, 4.69) is 0 Å². The highest BCUT2D eigenvalue weighted by Gasteiger charge is 2.51. The molecule has 1 atom stereocenters. The lowest BCUT2D eigenvalue weighted by Gasteiger charge is -2.23.